The fourth-order valence-corrected chi connectivity index (χ4v) is 3.72. The van der Waals surface area contributed by atoms with Gasteiger partial charge in [0.2, 0.25) is 0 Å². The van der Waals surface area contributed by atoms with Crippen LogP contribution in [0.25, 0.3) is 0 Å². The van der Waals surface area contributed by atoms with E-state index in [1.807, 2.05) is 4.90 Å². The first-order chi connectivity index (χ1) is 16.4. The number of nitrogens with two attached hydrogens (primary N) is 2. The summed E-state index contributed by atoms with van der Waals surface area (Å²) in [5, 5.41) is 0. The minimum Gasteiger partial charge on any atom is -0.328 e. The molecule has 4 nitrogen and oxygen atoms in total. The maximum absolute atomic E-state index is 13.9. The van der Waals surface area contributed by atoms with Crippen molar-refractivity contribution in [3.8, 4) is 0 Å². The van der Waals surface area contributed by atoms with Crippen LogP contribution in [0.2, 0.25) is 0 Å². The Kier molecular flexibility index (Phi) is 10.4. The van der Waals surface area contributed by atoms with Gasteiger partial charge in [0.15, 0.2) is 0 Å². The Morgan fingerprint density at radius 3 is 1.70 bits per heavy atom. The number of likely N-dealkylation sites (N-methyl/N-ethyl adjacent to an activating group) is 2. The molecule has 1 aliphatic rings. The summed E-state index contributed by atoms with van der Waals surface area (Å²) in [6, 6.07) is -0.211. The van der Waals surface area contributed by atoms with Crippen molar-refractivity contribution in [3.63, 3.8) is 0 Å². The normalized spacial score (nSPS) is 23.5. The van der Waals surface area contributed by atoms with Crippen LogP contribution in [0, 0.1) is 0 Å². The van der Waals surface area contributed by atoms with Crippen molar-refractivity contribution < 1.29 is 57.1 Å². The van der Waals surface area contributed by atoms with Gasteiger partial charge in [-0.15, -0.1) is 0 Å². The second kappa shape index (κ2) is 11.4. The summed E-state index contributed by atoms with van der Waals surface area (Å²) in [6.07, 6.45) is -4.60. The molecule has 1 fully saturated rings. The van der Waals surface area contributed by atoms with Gasteiger partial charge in [0.1, 0.15) is 0 Å². The molecule has 17 heteroatoms. The molecule has 4 N–H and O–H groups in total. The van der Waals surface area contributed by atoms with Crippen molar-refractivity contribution >= 4 is 0 Å². The SMILES string of the molecule is CN(C/C=C/CN(C)C1CC(N)CCC1N)CCC(F)(F)C(F)(F)C(F)(F)C(F)(F)C(F)(F)C(F)(F)F. The van der Waals surface area contributed by atoms with Crippen molar-refractivity contribution in [1.82, 2.24) is 9.80 Å². The molecule has 0 saturated heterocycles. The van der Waals surface area contributed by atoms with Crippen LogP contribution in [0.15, 0.2) is 12.2 Å². The highest BCUT2D eigenvalue weighted by Crippen LogP contribution is 2.60. The highest BCUT2D eigenvalue weighted by molar-refractivity contribution is 5.10. The number of alkyl halides is 13. The van der Waals surface area contributed by atoms with E-state index in [9.17, 15) is 57.1 Å². The second-order valence-electron chi connectivity index (χ2n) is 9.23. The number of halogens is 13. The number of hydrogen-bond acceptors (Lipinski definition) is 4. The van der Waals surface area contributed by atoms with Crippen LogP contribution < -0.4 is 11.5 Å². The Labute approximate surface area is 204 Å². The standard InChI is InChI=1S/C20H29F13N4/c1-36(8-3-4-9-37(2)14-11-12(34)5-6-13(14)35)10-7-15(21,22)16(23,24)17(25,26)18(27,28)19(29,30)20(31,32)33/h3-4,12-14H,5-11,34-35H2,1-2H3/b4-3+. The highest BCUT2D eigenvalue weighted by Gasteiger charge is 2.90. The molecular weight excluding hydrogens is 543 g/mol. The van der Waals surface area contributed by atoms with Gasteiger partial charge in [0, 0.05) is 44.2 Å². The summed E-state index contributed by atoms with van der Waals surface area (Å²) >= 11 is 0. The Hall–Kier alpha value is -1.33. The van der Waals surface area contributed by atoms with Gasteiger partial charge >= 0.3 is 35.8 Å². The monoisotopic (exact) mass is 572 g/mol. The van der Waals surface area contributed by atoms with E-state index in [-0.39, 0.29) is 24.7 Å². The summed E-state index contributed by atoms with van der Waals surface area (Å²) in [5.74, 6) is -36.7. The minimum absolute atomic E-state index is 0.0332. The molecular formula is C20H29F13N4. The van der Waals surface area contributed by atoms with Crippen LogP contribution in [0.4, 0.5) is 57.1 Å². The summed E-state index contributed by atoms with van der Waals surface area (Å²) in [7, 11) is 2.82. The average molecular weight is 572 g/mol. The Morgan fingerprint density at radius 2 is 1.19 bits per heavy atom. The van der Waals surface area contributed by atoms with Crippen LogP contribution in [0.3, 0.4) is 0 Å². The molecule has 3 unspecified atom stereocenters. The molecule has 1 saturated carbocycles. The lowest BCUT2D eigenvalue weighted by molar-refractivity contribution is -0.440. The first-order valence-electron chi connectivity index (χ1n) is 10.9. The lowest BCUT2D eigenvalue weighted by Gasteiger charge is -2.40. The van der Waals surface area contributed by atoms with E-state index in [2.05, 4.69) is 0 Å². The maximum atomic E-state index is 13.9. The lowest BCUT2D eigenvalue weighted by atomic mass is 9.87. The van der Waals surface area contributed by atoms with Crippen LogP contribution in [0.5, 0.6) is 0 Å². The van der Waals surface area contributed by atoms with Gasteiger partial charge in [0.05, 0.1) is 0 Å². The van der Waals surface area contributed by atoms with Crippen molar-refractivity contribution in [2.24, 2.45) is 11.5 Å². The molecule has 0 bridgehead atoms. The fourth-order valence-electron chi connectivity index (χ4n) is 3.72. The predicted molar refractivity (Wildman–Crippen MR) is 108 cm³/mol. The molecule has 0 spiro atoms. The van der Waals surface area contributed by atoms with E-state index in [4.69, 9.17) is 11.5 Å². The fraction of sp³-hybridized carbons (Fsp3) is 0.900. The van der Waals surface area contributed by atoms with E-state index < -0.39 is 48.8 Å². The first kappa shape index (κ1) is 33.7. The van der Waals surface area contributed by atoms with Gasteiger partial charge in [-0.1, -0.05) is 12.2 Å². The highest BCUT2D eigenvalue weighted by atomic mass is 19.4. The van der Waals surface area contributed by atoms with Crippen LogP contribution in [0.1, 0.15) is 25.7 Å². The zero-order valence-electron chi connectivity index (χ0n) is 19.8. The van der Waals surface area contributed by atoms with Gasteiger partial charge in [-0.2, -0.15) is 57.1 Å². The van der Waals surface area contributed by atoms with Crippen LogP contribution >= 0.6 is 0 Å². The lowest BCUT2D eigenvalue weighted by Crippen LogP contribution is -2.70. The second-order valence-corrected chi connectivity index (χ2v) is 9.23. The summed E-state index contributed by atoms with van der Waals surface area (Å²) in [5.41, 5.74) is 12.0. The van der Waals surface area contributed by atoms with E-state index in [1.165, 1.54) is 6.08 Å². The minimum atomic E-state index is -7.88. The van der Waals surface area contributed by atoms with E-state index in [1.54, 1.807) is 13.1 Å². The molecule has 0 heterocycles. The Morgan fingerprint density at radius 1 is 0.703 bits per heavy atom. The molecule has 0 aliphatic heterocycles. The first-order valence-corrected chi connectivity index (χ1v) is 10.9. The van der Waals surface area contributed by atoms with Crippen molar-refractivity contribution in [1.29, 1.82) is 0 Å². The third-order valence-corrected chi connectivity index (χ3v) is 6.26. The van der Waals surface area contributed by atoms with E-state index in [0.717, 1.165) is 18.4 Å². The molecule has 0 amide bonds. The van der Waals surface area contributed by atoms with Gasteiger partial charge in [0.25, 0.3) is 0 Å². The summed E-state index contributed by atoms with van der Waals surface area (Å²) in [4.78, 5) is 2.76. The van der Waals surface area contributed by atoms with Gasteiger partial charge in [-0.25, -0.2) is 0 Å². The maximum Gasteiger partial charge on any atom is 0.460 e. The Balaban J connectivity index is 2.79. The van der Waals surface area contributed by atoms with E-state index in [0.29, 0.717) is 19.4 Å². The molecule has 3 atom stereocenters. The van der Waals surface area contributed by atoms with E-state index >= 15 is 0 Å². The number of nitrogens with zero attached hydrogens (tertiary/aromatic N) is 2. The van der Waals surface area contributed by atoms with Crippen molar-refractivity contribution in [3.05, 3.63) is 12.2 Å². The smallest absolute Gasteiger partial charge is 0.328 e. The molecule has 1 rings (SSSR count). The van der Waals surface area contributed by atoms with Gasteiger partial charge in [-0.05, 0) is 33.4 Å². The summed E-state index contributed by atoms with van der Waals surface area (Å²) < 4.78 is 171. The Bertz CT molecular complexity index is 770. The molecule has 0 radical (unpaired) electrons. The van der Waals surface area contributed by atoms with Crippen molar-refractivity contribution in [2.75, 3.05) is 33.7 Å². The number of hydrogen-bond donors (Lipinski definition) is 2. The largest absolute Gasteiger partial charge is 0.460 e. The van der Waals surface area contributed by atoms with Crippen LogP contribution in [-0.2, 0) is 0 Å². The van der Waals surface area contributed by atoms with Crippen LogP contribution in [-0.4, -0.2) is 97.4 Å². The molecule has 37 heavy (non-hydrogen) atoms. The summed E-state index contributed by atoms with van der Waals surface area (Å²) in [6.45, 7) is -1.01. The molecule has 1 aliphatic carbocycles. The molecule has 0 aromatic carbocycles. The third kappa shape index (κ3) is 6.82. The molecule has 0 aromatic heterocycles. The zero-order valence-corrected chi connectivity index (χ0v) is 19.8. The van der Waals surface area contributed by atoms with Gasteiger partial charge < -0.3 is 16.4 Å². The van der Waals surface area contributed by atoms with Crippen molar-refractivity contribution in [2.45, 2.75) is 79.6 Å². The zero-order chi connectivity index (χ0) is 29.3. The average Bonchev–Trinajstić information content (AvgIpc) is 2.75. The van der Waals surface area contributed by atoms with Gasteiger partial charge in [-0.3, -0.25) is 4.90 Å². The topological polar surface area (TPSA) is 58.5 Å². The number of rotatable bonds is 12. The molecule has 0 aromatic rings. The third-order valence-electron chi connectivity index (χ3n) is 6.26. The molecule has 220 valence electrons. The quantitative estimate of drug-likeness (QED) is 0.262. The predicted octanol–water partition coefficient (Wildman–Crippen LogP) is 4.74.